The van der Waals surface area contributed by atoms with Crippen LogP contribution in [0, 0.1) is 0 Å². The van der Waals surface area contributed by atoms with Crippen molar-refractivity contribution in [2.75, 3.05) is 6.54 Å². The second kappa shape index (κ2) is 7.53. The molecule has 12 heavy (non-hydrogen) atoms. The Bertz CT molecular complexity index is 98.5. The Balaban J connectivity index is 3.18. The SMILES string of the molecule is CCCC(O)CCNC(N)CC. The molecular formula is C9H22N2O. The lowest BCUT2D eigenvalue weighted by molar-refractivity contribution is 0.152. The first kappa shape index (κ1) is 11.9. The van der Waals surface area contributed by atoms with Gasteiger partial charge in [-0.3, -0.25) is 0 Å². The van der Waals surface area contributed by atoms with Crippen LogP contribution in [0.2, 0.25) is 0 Å². The molecule has 0 saturated heterocycles. The molecule has 0 radical (unpaired) electrons. The molecule has 0 heterocycles. The minimum Gasteiger partial charge on any atom is -0.393 e. The van der Waals surface area contributed by atoms with E-state index in [1.165, 1.54) is 0 Å². The van der Waals surface area contributed by atoms with Crippen LogP contribution >= 0.6 is 0 Å². The van der Waals surface area contributed by atoms with E-state index in [-0.39, 0.29) is 12.3 Å². The Labute approximate surface area is 75.3 Å². The Hall–Kier alpha value is -0.120. The maximum Gasteiger partial charge on any atom is 0.0552 e. The molecule has 0 spiro atoms. The number of rotatable bonds is 7. The second-order valence-electron chi connectivity index (χ2n) is 3.20. The van der Waals surface area contributed by atoms with Crippen molar-refractivity contribution in [1.29, 1.82) is 0 Å². The van der Waals surface area contributed by atoms with E-state index in [2.05, 4.69) is 12.2 Å². The van der Waals surface area contributed by atoms with E-state index in [0.29, 0.717) is 0 Å². The first-order valence-corrected chi connectivity index (χ1v) is 4.87. The standard InChI is InChI=1S/C9H22N2O/c1-3-5-8(12)6-7-11-9(10)4-2/h8-9,11-12H,3-7,10H2,1-2H3. The lowest BCUT2D eigenvalue weighted by Crippen LogP contribution is -2.38. The van der Waals surface area contributed by atoms with Gasteiger partial charge in [0.15, 0.2) is 0 Å². The first-order chi connectivity index (χ1) is 5.70. The maximum absolute atomic E-state index is 9.35. The Kier molecular flexibility index (Phi) is 7.45. The molecule has 0 bridgehead atoms. The van der Waals surface area contributed by atoms with Crippen LogP contribution in [-0.2, 0) is 0 Å². The molecule has 0 aliphatic carbocycles. The predicted octanol–water partition coefficient (Wildman–Crippen LogP) is 0.822. The van der Waals surface area contributed by atoms with E-state index in [0.717, 1.165) is 32.2 Å². The number of nitrogens with one attached hydrogen (secondary N) is 1. The van der Waals surface area contributed by atoms with Crippen LogP contribution in [0.25, 0.3) is 0 Å². The molecule has 0 aliphatic heterocycles. The second-order valence-corrected chi connectivity index (χ2v) is 3.20. The van der Waals surface area contributed by atoms with Crippen LogP contribution in [0.15, 0.2) is 0 Å². The van der Waals surface area contributed by atoms with Crippen molar-refractivity contribution in [2.24, 2.45) is 5.73 Å². The van der Waals surface area contributed by atoms with Crippen molar-refractivity contribution in [2.45, 2.75) is 51.8 Å². The highest BCUT2D eigenvalue weighted by Gasteiger charge is 2.02. The van der Waals surface area contributed by atoms with Crippen LogP contribution in [0.3, 0.4) is 0 Å². The zero-order valence-corrected chi connectivity index (χ0v) is 8.21. The number of aliphatic hydroxyl groups excluding tert-OH is 1. The zero-order valence-electron chi connectivity index (χ0n) is 8.21. The van der Waals surface area contributed by atoms with Gasteiger partial charge < -0.3 is 16.2 Å². The van der Waals surface area contributed by atoms with Gasteiger partial charge in [-0.05, 0) is 25.8 Å². The van der Waals surface area contributed by atoms with Crippen molar-refractivity contribution in [1.82, 2.24) is 5.32 Å². The summed E-state index contributed by atoms with van der Waals surface area (Å²) in [7, 11) is 0. The van der Waals surface area contributed by atoms with Crippen LogP contribution < -0.4 is 11.1 Å². The van der Waals surface area contributed by atoms with Crippen molar-refractivity contribution in [3.05, 3.63) is 0 Å². The fourth-order valence-corrected chi connectivity index (χ4v) is 1.06. The van der Waals surface area contributed by atoms with Crippen LogP contribution in [0.5, 0.6) is 0 Å². The molecule has 2 unspecified atom stereocenters. The molecule has 2 atom stereocenters. The van der Waals surface area contributed by atoms with Crippen molar-refractivity contribution < 1.29 is 5.11 Å². The third-order valence-electron chi connectivity index (χ3n) is 1.95. The fourth-order valence-electron chi connectivity index (χ4n) is 1.06. The van der Waals surface area contributed by atoms with Crippen LogP contribution in [0.4, 0.5) is 0 Å². The normalized spacial score (nSPS) is 16.0. The maximum atomic E-state index is 9.35. The summed E-state index contributed by atoms with van der Waals surface area (Å²) in [6, 6.07) is 0. The van der Waals surface area contributed by atoms with E-state index < -0.39 is 0 Å². The summed E-state index contributed by atoms with van der Waals surface area (Å²) in [4.78, 5) is 0. The number of hydrogen-bond donors (Lipinski definition) is 3. The summed E-state index contributed by atoms with van der Waals surface area (Å²) < 4.78 is 0. The molecule has 0 fully saturated rings. The van der Waals surface area contributed by atoms with E-state index in [1.807, 2.05) is 6.92 Å². The molecule has 3 nitrogen and oxygen atoms in total. The van der Waals surface area contributed by atoms with Crippen molar-refractivity contribution >= 4 is 0 Å². The summed E-state index contributed by atoms with van der Waals surface area (Å²) in [5.74, 6) is 0. The molecule has 0 aromatic carbocycles. The fraction of sp³-hybridized carbons (Fsp3) is 1.00. The van der Waals surface area contributed by atoms with Gasteiger partial charge in [-0.15, -0.1) is 0 Å². The molecular weight excluding hydrogens is 152 g/mol. The summed E-state index contributed by atoms with van der Waals surface area (Å²) in [5.41, 5.74) is 5.64. The zero-order chi connectivity index (χ0) is 9.40. The smallest absolute Gasteiger partial charge is 0.0552 e. The van der Waals surface area contributed by atoms with E-state index in [1.54, 1.807) is 0 Å². The molecule has 0 rings (SSSR count). The summed E-state index contributed by atoms with van der Waals surface area (Å²) in [5, 5.41) is 12.5. The average Bonchev–Trinajstić information content (AvgIpc) is 2.04. The highest BCUT2D eigenvalue weighted by Crippen LogP contribution is 1.99. The Morgan fingerprint density at radius 3 is 2.50 bits per heavy atom. The summed E-state index contributed by atoms with van der Waals surface area (Å²) in [6.07, 6.45) is 3.60. The summed E-state index contributed by atoms with van der Waals surface area (Å²) in [6.45, 7) is 4.94. The van der Waals surface area contributed by atoms with E-state index in [4.69, 9.17) is 5.73 Å². The molecule has 0 amide bonds. The molecule has 3 heteroatoms. The highest BCUT2D eigenvalue weighted by atomic mass is 16.3. The van der Waals surface area contributed by atoms with Crippen molar-refractivity contribution in [3.63, 3.8) is 0 Å². The van der Waals surface area contributed by atoms with Gasteiger partial charge in [-0.25, -0.2) is 0 Å². The third kappa shape index (κ3) is 6.58. The van der Waals surface area contributed by atoms with E-state index in [9.17, 15) is 5.11 Å². The molecule has 0 aromatic heterocycles. The van der Waals surface area contributed by atoms with Gasteiger partial charge in [0.05, 0.1) is 12.3 Å². The van der Waals surface area contributed by atoms with Gasteiger partial charge >= 0.3 is 0 Å². The third-order valence-corrected chi connectivity index (χ3v) is 1.95. The predicted molar refractivity (Wildman–Crippen MR) is 51.8 cm³/mol. The van der Waals surface area contributed by atoms with Gasteiger partial charge in [0.1, 0.15) is 0 Å². The van der Waals surface area contributed by atoms with Gasteiger partial charge in [-0.2, -0.15) is 0 Å². The lowest BCUT2D eigenvalue weighted by Gasteiger charge is -2.13. The molecule has 0 aromatic rings. The minimum absolute atomic E-state index is 0.0822. The van der Waals surface area contributed by atoms with Gasteiger partial charge in [-0.1, -0.05) is 20.3 Å². The highest BCUT2D eigenvalue weighted by molar-refractivity contribution is 4.60. The first-order valence-electron chi connectivity index (χ1n) is 4.87. The topological polar surface area (TPSA) is 58.3 Å². The Morgan fingerprint density at radius 2 is 2.00 bits per heavy atom. The summed E-state index contributed by atoms with van der Waals surface area (Å²) >= 11 is 0. The number of aliphatic hydroxyl groups is 1. The van der Waals surface area contributed by atoms with E-state index >= 15 is 0 Å². The molecule has 4 N–H and O–H groups in total. The number of nitrogens with two attached hydrogens (primary N) is 1. The van der Waals surface area contributed by atoms with Crippen LogP contribution in [-0.4, -0.2) is 23.9 Å². The lowest BCUT2D eigenvalue weighted by atomic mass is 10.1. The largest absolute Gasteiger partial charge is 0.393 e. The van der Waals surface area contributed by atoms with Gasteiger partial charge in [0, 0.05) is 0 Å². The van der Waals surface area contributed by atoms with Crippen LogP contribution in [0.1, 0.15) is 39.5 Å². The number of hydrogen-bond acceptors (Lipinski definition) is 3. The average molecular weight is 174 g/mol. The monoisotopic (exact) mass is 174 g/mol. The van der Waals surface area contributed by atoms with Crippen molar-refractivity contribution in [3.8, 4) is 0 Å². The molecule has 0 aliphatic rings. The van der Waals surface area contributed by atoms with Gasteiger partial charge in [0.2, 0.25) is 0 Å². The molecule has 0 saturated carbocycles. The Morgan fingerprint density at radius 1 is 1.33 bits per heavy atom. The minimum atomic E-state index is -0.161. The molecule has 74 valence electrons. The quantitative estimate of drug-likeness (QED) is 0.501. The van der Waals surface area contributed by atoms with Gasteiger partial charge in [0.25, 0.3) is 0 Å².